The molecule has 0 N–H and O–H groups in total. The van der Waals surface area contributed by atoms with E-state index in [0.717, 1.165) is 5.69 Å². The highest BCUT2D eigenvalue weighted by Gasteiger charge is 1.92. The van der Waals surface area contributed by atoms with E-state index in [4.69, 9.17) is 11.6 Å². The van der Waals surface area contributed by atoms with E-state index in [2.05, 4.69) is 10.2 Å². The summed E-state index contributed by atoms with van der Waals surface area (Å²) in [7, 11) is 0. The van der Waals surface area contributed by atoms with Crippen molar-refractivity contribution in [3.05, 3.63) is 29.1 Å². The number of nitrogens with zero attached hydrogens (tertiary/aromatic N) is 2. The SMILES string of the molecule is CC(=O)SCC=Cc1ccc(Cl)nn1. The standard InChI is InChI=1S/C9H9ClN2OS/c1-7(13)14-6-2-3-8-4-5-9(10)12-11-8/h2-5H,6H2,1H3. The summed E-state index contributed by atoms with van der Waals surface area (Å²) in [6.45, 7) is 1.54. The third-order valence-corrected chi connectivity index (χ3v) is 2.29. The van der Waals surface area contributed by atoms with Crippen LogP contribution in [0.1, 0.15) is 12.6 Å². The lowest BCUT2D eigenvalue weighted by atomic mass is 10.3. The molecule has 0 saturated heterocycles. The number of aromatic nitrogens is 2. The number of hydrogen-bond acceptors (Lipinski definition) is 4. The van der Waals surface area contributed by atoms with E-state index >= 15 is 0 Å². The van der Waals surface area contributed by atoms with Gasteiger partial charge in [-0.1, -0.05) is 29.4 Å². The molecule has 74 valence electrons. The first-order chi connectivity index (χ1) is 6.68. The van der Waals surface area contributed by atoms with Crippen LogP contribution in [0, 0.1) is 0 Å². The van der Waals surface area contributed by atoms with Crippen molar-refractivity contribution in [1.29, 1.82) is 0 Å². The second-order valence-electron chi connectivity index (χ2n) is 2.49. The van der Waals surface area contributed by atoms with Crippen LogP contribution >= 0.6 is 23.4 Å². The van der Waals surface area contributed by atoms with Crippen LogP contribution in [0.4, 0.5) is 0 Å². The molecule has 5 heteroatoms. The average Bonchev–Trinajstić information content (AvgIpc) is 2.15. The van der Waals surface area contributed by atoms with Gasteiger partial charge in [-0.05, 0) is 18.2 Å². The van der Waals surface area contributed by atoms with E-state index in [1.807, 2.05) is 6.08 Å². The van der Waals surface area contributed by atoms with Crippen LogP contribution in [0.3, 0.4) is 0 Å². The molecular formula is C9H9ClN2OS. The molecule has 1 aromatic heterocycles. The van der Waals surface area contributed by atoms with Gasteiger partial charge in [0, 0.05) is 12.7 Å². The molecule has 0 aromatic carbocycles. The molecule has 0 unspecified atom stereocenters. The number of carbonyl (C=O) groups excluding carboxylic acids is 1. The largest absolute Gasteiger partial charge is 0.288 e. The lowest BCUT2D eigenvalue weighted by Gasteiger charge is -1.91. The van der Waals surface area contributed by atoms with Gasteiger partial charge in [-0.15, -0.1) is 10.2 Å². The average molecular weight is 229 g/mol. The second-order valence-corrected chi connectivity index (χ2v) is 4.07. The van der Waals surface area contributed by atoms with Crippen molar-refractivity contribution in [1.82, 2.24) is 10.2 Å². The van der Waals surface area contributed by atoms with Crippen molar-refractivity contribution in [3.8, 4) is 0 Å². The van der Waals surface area contributed by atoms with Gasteiger partial charge in [0.1, 0.15) is 0 Å². The van der Waals surface area contributed by atoms with E-state index in [9.17, 15) is 4.79 Å². The van der Waals surface area contributed by atoms with Gasteiger partial charge >= 0.3 is 0 Å². The Hall–Kier alpha value is -0.870. The van der Waals surface area contributed by atoms with Gasteiger partial charge < -0.3 is 0 Å². The van der Waals surface area contributed by atoms with Crippen LogP contribution in [0.15, 0.2) is 18.2 Å². The number of hydrogen-bond donors (Lipinski definition) is 0. The summed E-state index contributed by atoms with van der Waals surface area (Å²) in [5.41, 5.74) is 0.735. The zero-order valence-electron chi connectivity index (χ0n) is 7.61. The van der Waals surface area contributed by atoms with E-state index in [-0.39, 0.29) is 5.12 Å². The van der Waals surface area contributed by atoms with Crippen LogP contribution in [0.2, 0.25) is 5.15 Å². The van der Waals surface area contributed by atoms with Crippen molar-refractivity contribution >= 4 is 34.6 Å². The van der Waals surface area contributed by atoms with Crippen molar-refractivity contribution in [2.75, 3.05) is 5.75 Å². The third kappa shape index (κ3) is 4.39. The Bertz CT molecular complexity index is 337. The minimum Gasteiger partial charge on any atom is -0.288 e. The zero-order chi connectivity index (χ0) is 10.4. The van der Waals surface area contributed by atoms with Crippen LogP contribution in [-0.2, 0) is 4.79 Å². The Morgan fingerprint density at radius 3 is 2.93 bits per heavy atom. The molecule has 1 rings (SSSR count). The predicted molar refractivity (Wildman–Crippen MR) is 59.2 cm³/mol. The predicted octanol–water partition coefficient (Wildman–Crippen LogP) is 2.42. The first kappa shape index (κ1) is 11.2. The highest BCUT2D eigenvalue weighted by atomic mass is 35.5. The van der Waals surface area contributed by atoms with Gasteiger partial charge in [0.05, 0.1) is 5.69 Å². The summed E-state index contributed by atoms with van der Waals surface area (Å²) < 4.78 is 0. The smallest absolute Gasteiger partial charge is 0.186 e. The van der Waals surface area contributed by atoms with Gasteiger partial charge in [0.25, 0.3) is 0 Å². The van der Waals surface area contributed by atoms with E-state index in [1.165, 1.54) is 11.8 Å². The summed E-state index contributed by atoms with van der Waals surface area (Å²) in [5, 5.41) is 8.00. The van der Waals surface area contributed by atoms with Crippen molar-refractivity contribution in [2.24, 2.45) is 0 Å². The molecule has 0 fully saturated rings. The lowest BCUT2D eigenvalue weighted by Crippen LogP contribution is -1.86. The highest BCUT2D eigenvalue weighted by molar-refractivity contribution is 8.13. The van der Waals surface area contributed by atoms with Crippen LogP contribution < -0.4 is 0 Å². The molecule has 0 radical (unpaired) electrons. The number of carbonyl (C=O) groups is 1. The topological polar surface area (TPSA) is 42.9 Å². The fourth-order valence-corrected chi connectivity index (χ4v) is 1.28. The van der Waals surface area contributed by atoms with Crippen LogP contribution in [0.25, 0.3) is 6.08 Å². The van der Waals surface area contributed by atoms with E-state index in [0.29, 0.717) is 10.9 Å². The van der Waals surface area contributed by atoms with Crippen LogP contribution in [-0.4, -0.2) is 21.1 Å². The molecule has 1 heterocycles. The molecule has 3 nitrogen and oxygen atoms in total. The Morgan fingerprint density at radius 2 is 2.36 bits per heavy atom. The summed E-state index contributed by atoms with van der Waals surface area (Å²) in [5.74, 6) is 0.652. The lowest BCUT2D eigenvalue weighted by molar-refractivity contribution is -0.109. The Labute approximate surface area is 91.6 Å². The summed E-state index contributed by atoms with van der Waals surface area (Å²) >= 11 is 6.82. The molecule has 0 saturated carbocycles. The molecule has 0 aliphatic heterocycles. The maximum Gasteiger partial charge on any atom is 0.186 e. The monoisotopic (exact) mass is 228 g/mol. The second kappa shape index (κ2) is 5.78. The third-order valence-electron chi connectivity index (χ3n) is 1.32. The molecule has 0 bridgehead atoms. The quantitative estimate of drug-likeness (QED) is 0.797. The summed E-state index contributed by atoms with van der Waals surface area (Å²) in [6, 6.07) is 3.44. The van der Waals surface area contributed by atoms with Gasteiger partial charge in [-0.3, -0.25) is 4.79 Å². The first-order valence-electron chi connectivity index (χ1n) is 3.97. The molecule has 0 aliphatic rings. The maximum atomic E-state index is 10.6. The fraction of sp³-hybridized carbons (Fsp3) is 0.222. The minimum absolute atomic E-state index is 0.108. The molecular weight excluding hydrogens is 220 g/mol. The fourth-order valence-electron chi connectivity index (χ4n) is 0.750. The zero-order valence-corrected chi connectivity index (χ0v) is 9.18. The normalized spacial score (nSPS) is 10.7. The highest BCUT2D eigenvalue weighted by Crippen LogP contribution is 2.05. The number of rotatable bonds is 3. The molecule has 0 aliphatic carbocycles. The molecule has 0 atom stereocenters. The molecule has 14 heavy (non-hydrogen) atoms. The molecule has 0 amide bonds. The van der Waals surface area contributed by atoms with Crippen molar-refractivity contribution < 1.29 is 4.79 Å². The van der Waals surface area contributed by atoms with Crippen LogP contribution in [0.5, 0.6) is 0 Å². The van der Waals surface area contributed by atoms with Gasteiger partial charge in [-0.2, -0.15) is 0 Å². The summed E-state index contributed by atoms with van der Waals surface area (Å²) in [4.78, 5) is 10.6. The number of thioether (sulfide) groups is 1. The Balaban J connectivity index is 2.44. The maximum absolute atomic E-state index is 10.6. The number of halogens is 1. The van der Waals surface area contributed by atoms with Crippen molar-refractivity contribution in [2.45, 2.75) is 6.92 Å². The molecule has 0 spiro atoms. The van der Waals surface area contributed by atoms with E-state index < -0.39 is 0 Å². The Morgan fingerprint density at radius 1 is 1.57 bits per heavy atom. The summed E-state index contributed by atoms with van der Waals surface area (Å²) in [6.07, 6.45) is 3.67. The Kier molecular flexibility index (Phi) is 4.62. The van der Waals surface area contributed by atoms with Gasteiger partial charge in [-0.25, -0.2) is 0 Å². The van der Waals surface area contributed by atoms with Crippen molar-refractivity contribution in [3.63, 3.8) is 0 Å². The van der Waals surface area contributed by atoms with Gasteiger partial charge in [0.15, 0.2) is 10.3 Å². The van der Waals surface area contributed by atoms with Gasteiger partial charge in [0.2, 0.25) is 0 Å². The first-order valence-corrected chi connectivity index (χ1v) is 5.34. The molecule has 1 aromatic rings. The van der Waals surface area contributed by atoms with E-state index in [1.54, 1.807) is 25.1 Å². The minimum atomic E-state index is 0.108.